The third-order valence-corrected chi connectivity index (χ3v) is 5.70. The van der Waals surface area contributed by atoms with Gasteiger partial charge in [0.25, 0.3) is 0 Å². The molecule has 4 heterocycles. The number of aromatic nitrogens is 3. The Morgan fingerprint density at radius 2 is 1.94 bits per heavy atom. The molecule has 0 bridgehead atoms. The number of carbonyl (C=O) groups is 1. The van der Waals surface area contributed by atoms with Gasteiger partial charge < -0.3 is 19.7 Å². The highest BCUT2D eigenvalue weighted by Crippen LogP contribution is 2.32. The van der Waals surface area contributed by atoms with Gasteiger partial charge in [-0.2, -0.15) is 0 Å². The van der Waals surface area contributed by atoms with Gasteiger partial charge in [0.05, 0.1) is 5.69 Å². The van der Waals surface area contributed by atoms with Gasteiger partial charge in [0, 0.05) is 43.5 Å². The molecule has 0 aliphatic carbocycles. The number of pyridine rings is 1. The van der Waals surface area contributed by atoms with E-state index in [1.54, 1.807) is 12.4 Å². The Balaban J connectivity index is 1.13. The Kier molecular flexibility index (Phi) is 5.35. The largest absolute Gasteiger partial charge is 0.454 e. The molecule has 31 heavy (non-hydrogen) atoms. The van der Waals surface area contributed by atoms with Gasteiger partial charge in [0.1, 0.15) is 0 Å². The number of nitrogens with zero attached hydrogens (tertiary/aromatic N) is 4. The van der Waals surface area contributed by atoms with Gasteiger partial charge in [-0.05, 0) is 54.8 Å². The SMILES string of the molecule is O=C(NCc1ccc2c(c1)OCO2)C1CCN(c2ccc(-c3cccnc3)nn2)CC1. The normalized spacial score (nSPS) is 15.7. The fourth-order valence-corrected chi connectivity index (χ4v) is 3.92. The minimum atomic E-state index is 0.00730. The maximum atomic E-state index is 12.6. The molecule has 1 saturated heterocycles. The summed E-state index contributed by atoms with van der Waals surface area (Å²) in [4.78, 5) is 18.9. The fraction of sp³-hybridized carbons (Fsp3) is 0.304. The lowest BCUT2D eigenvalue weighted by molar-refractivity contribution is -0.125. The molecule has 2 aromatic heterocycles. The number of carbonyl (C=O) groups excluding carboxylic acids is 1. The number of fused-ring (bicyclic) bond motifs is 1. The standard InChI is InChI=1S/C23H23N5O3/c29-23(25-13-16-3-5-20-21(12-16)31-15-30-20)17-7-10-28(11-8-17)22-6-4-19(26-27-22)18-2-1-9-24-14-18/h1-6,9,12,14,17H,7-8,10-11,13,15H2,(H,25,29). The Hall–Kier alpha value is -3.68. The second-order valence-electron chi connectivity index (χ2n) is 7.69. The number of anilines is 1. The van der Waals surface area contributed by atoms with E-state index in [0.29, 0.717) is 6.54 Å². The van der Waals surface area contributed by atoms with Gasteiger partial charge in [-0.1, -0.05) is 6.07 Å². The van der Waals surface area contributed by atoms with Crippen molar-refractivity contribution in [1.29, 1.82) is 0 Å². The molecule has 1 N–H and O–H groups in total. The molecular formula is C23H23N5O3. The average molecular weight is 417 g/mol. The van der Waals surface area contributed by atoms with Gasteiger partial charge in [-0.25, -0.2) is 0 Å². The first-order chi connectivity index (χ1) is 15.3. The monoisotopic (exact) mass is 417 g/mol. The van der Waals surface area contributed by atoms with Crippen molar-refractivity contribution in [2.75, 3.05) is 24.8 Å². The van der Waals surface area contributed by atoms with E-state index in [9.17, 15) is 4.79 Å². The van der Waals surface area contributed by atoms with E-state index in [4.69, 9.17) is 9.47 Å². The summed E-state index contributed by atoms with van der Waals surface area (Å²) < 4.78 is 10.7. The lowest BCUT2D eigenvalue weighted by Gasteiger charge is -2.31. The Bertz CT molecular complexity index is 1050. The van der Waals surface area contributed by atoms with E-state index in [2.05, 4.69) is 25.4 Å². The van der Waals surface area contributed by atoms with Gasteiger partial charge in [-0.3, -0.25) is 9.78 Å². The molecule has 1 aromatic carbocycles. The van der Waals surface area contributed by atoms with E-state index in [0.717, 1.165) is 60.1 Å². The van der Waals surface area contributed by atoms with Crippen LogP contribution in [-0.4, -0.2) is 41.0 Å². The van der Waals surface area contributed by atoms with Crippen molar-refractivity contribution in [3.63, 3.8) is 0 Å². The summed E-state index contributed by atoms with van der Waals surface area (Å²) in [6.07, 6.45) is 5.09. The molecule has 8 nitrogen and oxygen atoms in total. The van der Waals surface area contributed by atoms with Crippen LogP contribution in [0.2, 0.25) is 0 Å². The maximum Gasteiger partial charge on any atom is 0.231 e. The molecule has 1 amide bonds. The molecule has 0 saturated carbocycles. The number of amides is 1. The van der Waals surface area contributed by atoms with Crippen molar-refractivity contribution in [2.24, 2.45) is 5.92 Å². The quantitative estimate of drug-likeness (QED) is 0.683. The average Bonchev–Trinajstić information content (AvgIpc) is 3.31. The zero-order valence-corrected chi connectivity index (χ0v) is 17.0. The molecule has 5 rings (SSSR count). The molecule has 0 radical (unpaired) electrons. The minimum absolute atomic E-state index is 0.00730. The van der Waals surface area contributed by atoms with Crippen molar-refractivity contribution in [2.45, 2.75) is 19.4 Å². The third-order valence-electron chi connectivity index (χ3n) is 5.70. The summed E-state index contributed by atoms with van der Waals surface area (Å²) >= 11 is 0. The molecule has 8 heteroatoms. The second-order valence-corrected chi connectivity index (χ2v) is 7.69. The van der Waals surface area contributed by atoms with Gasteiger partial charge in [-0.15, -0.1) is 10.2 Å². The molecular weight excluding hydrogens is 394 g/mol. The molecule has 2 aliphatic rings. The highest BCUT2D eigenvalue weighted by molar-refractivity contribution is 5.79. The predicted molar refractivity (Wildman–Crippen MR) is 115 cm³/mol. The van der Waals surface area contributed by atoms with Crippen molar-refractivity contribution in [3.8, 4) is 22.8 Å². The zero-order chi connectivity index (χ0) is 21.0. The van der Waals surface area contributed by atoms with E-state index in [-0.39, 0.29) is 18.6 Å². The molecule has 158 valence electrons. The summed E-state index contributed by atoms with van der Waals surface area (Å²) in [5.74, 6) is 2.42. The number of hydrogen-bond acceptors (Lipinski definition) is 7. The summed E-state index contributed by atoms with van der Waals surface area (Å²) in [6.45, 7) is 2.29. The van der Waals surface area contributed by atoms with Crippen LogP contribution in [0.15, 0.2) is 54.9 Å². The van der Waals surface area contributed by atoms with Crippen LogP contribution in [0, 0.1) is 5.92 Å². The Morgan fingerprint density at radius 3 is 2.71 bits per heavy atom. The van der Waals surface area contributed by atoms with E-state index >= 15 is 0 Å². The minimum Gasteiger partial charge on any atom is -0.454 e. The number of benzene rings is 1. The van der Waals surface area contributed by atoms with E-state index < -0.39 is 0 Å². The zero-order valence-electron chi connectivity index (χ0n) is 17.0. The summed E-state index contributed by atoms with van der Waals surface area (Å²) in [5.41, 5.74) is 2.74. The molecule has 0 atom stereocenters. The van der Waals surface area contributed by atoms with Crippen LogP contribution in [0.5, 0.6) is 11.5 Å². The first kappa shape index (κ1) is 19.3. The van der Waals surface area contributed by atoms with Crippen LogP contribution in [-0.2, 0) is 11.3 Å². The molecule has 2 aliphatic heterocycles. The summed E-state index contributed by atoms with van der Waals surface area (Å²) in [7, 11) is 0. The van der Waals surface area contributed by atoms with Crippen molar-refractivity contribution < 1.29 is 14.3 Å². The van der Waals surface area contributed by atoms with Crippen LogP contribution in [0.4, 0.5) is 5.82 Å². The van der Waals surface area contributed by atoms with Crippen LogP contribution >= 0.6 is 0 Å². The first-order valence-electron chi connectivity index (χ1n) is 10.4. The maximum absolute atomic E-state index is 12.6. The number of rotatable bonds is 5. The van der Waals surface area contributed by atoms with Gasteiger partial charge >= 0.3 is 0 Å². The van der Waals surface area contributed by atoms with Gasteiger partial charge in [0.2, 0.25) is 12.7 Å². The van der Waals surface area contributed by atoms with Crippen LogP contribution < -0.4 is 19.7 Å². The number of piperidine rings is 1. The lowest BCUT2D eigenvalue weighted by Crippen LogP contribution is -2.40. The van der Waals surface area contributed by atoms with Crippen molar-refractivity contribution >= 4 is 11.7 Å². The van der Waals surface area contributed by atoms with Crippen molar-refractivity contribution in [3.05, 3.63) is 60.4 Å². The van der Waals surface area contributed by atoms with Crippen LogP contribution in [0.3, 0.4) is 0 Å². The summed E-state index contributed by atoms with van der Waals surface area (Å²) in [5, 5.41) is 11.8. The van der Waals surface area contributed by atoms with E-state index in [1.165, 1.54) is 0 Å². The molecule has 0 unspecified atom stereocenters. The highest BCUT2D eigenvalue weighted by Gasteiger charge is 2.26. The second kappa shape index (κ2) is 8.59. The van der Waals surface area contributed by atoms with E-state index in [1.807, 2.05) is 42.5 Å². The fourth-order valence-electron chi connectivity index (χ4n) is 3.92. The third kappa shape index (κ3) is 4.28. The predicted octanol–water partition coefficient (Wildman–Crippen LogP) is 2.80. The van der Waals surface area contributed by atoms with Crippen LogP contribution in [0.25, 0.3) is 11.3 Å². The highest BCUT2D eigenvalue weighted by atomic mass is 16.7. The molecule has 3 aromatic rings. The van der Waals surface area contributed by atoms with Crippen LogP contribution in [0.1, 0.15) is 18.4 Å². The molecule has 0 spiro atoms. The number of ether oxygens (including phenoxy) is 2. The van der Waals surface area contributed by atoms with Gasteiger partial charge in [0.15, 0.2) is 17.3 Å². The number of nitrogens with one attached hydrogen (secondary N) is 1. The Labute approximate surface area is 180 Å². The molecule has 1 fully saturated rings. The first-order valence-corrected chi connectivity index (χ1v) is 10.4. The number of hydrogen-bond donors (Lipinski definition) is 1. The lowest BCUT2D eigenvalue weighted by atomic mass is 9.96. The Morgan fingerprint density at radius 1 is 1.06 bits per heavy atom. The van der Waals surface area contributed by atoms with Crippen molar-refractivity contribution in [1.82, 2.24) is 20.5 Å². The topological polar surface area (TPSA) is 89.5 Å². The smallest absolute Gasteiger partial charge is 0.231 e. The summed E-state index contributed by atoms with van der Waals surface area (Å²) in [6, 6.07) is 13.5.